The molecule has 1 heterocycles. The summed E-state index contributed by atoms with van der Waals surface area (Å²) in [6.45, 7) is 0.584. The minimum Gasteiger partial charge on any atom is -0.429 e. The van der Waals surface area contributed by atoms with Gasteiger partial charge in [0.05, 0.1) is 13.2 Å². The maximum atomic E-state index is 15.2. The van der Waals surface area contributed by atoms with Crippen molar-refractivity contribution in [1.29, 1.82) is 0 Å². The number of rotatable bonds is 14. The molecule has 1 aliphatic rings. The number of benzene rings is 3. The first-order valence-corrected chi connectivity index (χ1v) is 13.8. The average molecular weight is 567 g/mol. The topological polar surface area (TPSA) is 36.9 Å². The number of halogens is 5. The molecule has 1 fully saturated rings. The SMILES string of the molecule is CCCCCCOC1COC(CCc2ccc3c(F)c(CCc4cc(F)c(OC(F)F)c(F)c4)ccc3c2)OC1. The van der Waals surface area contributed by atoms with Gasteiger partial charge in [0.2, 0.25) is 0 Å². The van der Waals surface area contributed by atoms with Crippen molar-refractivity contribution in [2.75, 3.05) is 19.8 Å². The first-order chi connectivity index (χ1) is 19.3. The van der Waals surface area contributed by atoms with E-state index in [1.165, 1.54) is 19.3 Å². The molecule has 0 N–H and O–H groups in total. The quantitative estimate of drug-likeness (QED) is 0.147. The van der Waals surface area contributed by atoms with E-state index in [0.29, 0.717) is 37.0 Å². The Morgan fingerprint density at radius 3 is 2.30 bits per heavy atom. The largest absolute Gasteiger partial charge is 0.429 e. The fraction of sp³-hybridized carbons (Fsp3) is 0.484. The number of unbranched alkanes of at least 4 members (excludes halogenated alkanes) is 3. The van der Waals surface area contributed by atoms with Gasteiger partial charge in [0.25, 0.3) is 0 Å². The zero-order valence-electron chi connectivity index (χ0n) is 22.6. The van der Waals surface area contributed by atoms with E-state index in [9.17, 15) is 17.6 Å². The molecule has 0 saturated carbocycles. The van der Waals surface area contributed by atoms with Crippen molar-refractivity contribution in [3.8, 4) is 5.75 Å². The molecule has 0 radical (unpaired) electrons. The second-order valence-corrected chi connectivity index (χ2v) is 10.0. The summed E-state index contributed by atoms with van der Waals surface area (Å²) < 4.78 is 89.3. The summed E-state index contributed by atoms with van der Waals surface area (Å²) in [6.07, 6.45) is 5.96. The molecule has 0 aliphatic carbocycles. The minimum absolute atomic E-state index is 0.0346. The Morgan fingerprint density at radius 2 is 1.60 bits per heavy atom. The zero-order chi connectivity index (χ0) is 28.5. The Kier molecular flexibility index (Phi) is 11.1. The lowest BCUT2D eigenvalue weighted by Gasteiger charge is -2.29. The summed E-state index contributed by atoms with van der Waals surface area (Å²) in [5.74, 6) is -3.98. The number of ether oxygens (including phenoxy) is 4. The summed E-state index contributed by atoms with van der Waals surface area (Å²) in [4.78, 5) is 0. The second kappa shape index (κ2) is 14.8. The van der Waals surface area contributed by atoms with E-state index in [1.54, 1.807) is 12.1 Å². The van der Waals surface area contributed by atoms with Gasteiger partial charge in [0, 0.05) is 18.4 Å². The van der Waals surface area contributed by atoms with Gasteiger partial charge in [-0.1, -0.05) is 56.5 Å². The first kappa shape index (κ1) is 30.2. The summed E-state index contributed by atoms with van der Waals surface area (Å²) in [6, 6.07) is 10.8. The molecule has 3 aromatic carbocycles. The summed E-state index contributed by atoms with van der Waals surface area (Å²) in [7, 11) is 0. The molecule has 4 nitrogen and oxygen atoms in total. The van der Waals surface area contributed by atoms with Crippen LogP contribution in [-0.4, -0.2) is 38.8 Å². The summed E-state index contributed by atoms with van der Waals surface area (Å²) in [5, 5.41) is 1.19. The number of hydrogen-bond donors (Lipinski definition) is 0. The lowest BCUT2D eigenvalue weighted by atomic mass is 9.98. The monoisotopic (exact) mass is 566 g/mol. The van der Waals surface area contributed by atoms with Crippen LogP contribution in [0.4, 0.5) is 22.0 Å². The van der Waals surface area contributed by atoms with Crippen molar-refractivity contribution in [3.05, 3.63) is 76.6 Å². The fourth-order valence-corrected chi connectivity index (χ4v) is 4.82. The van der Waals surface area contributed by atoms with E-state index in [0.717, 1.165) is 36.1 Å². The Morgan fingerprint density at radius 1 is 0.850 bits per heavy atom. The standard InChI is InChI=1S/C31H35F5O4/c1-2-3-4-5-14-37-24-18-38-28(39-19-24)13-8-20-7-12-25-23(15-20)11-10-22(29(25)34)9-6-21-16-26(32)30(27(33)17-21)40-31(35)36/h7,10-12,15-17,24,28,31H,2-6,8-9,13-14,18-19H2,1H3. The van der Waals surface area contributed by atoms with E-state index in [2.05, 4.69) is 11.7 Å². The molecule has 0 spiro atoms. The highest BCUT2D eigenvalue weighted by molar-refractivity contribution is 5.84. The predicted octanol–water partition coefficient (Wildman–Crippen LogP) is 7.91. The van der Waals surface area contributed by atoms with E-state index in [1.807, 2.05) is 18.2 Å². The van der Waals surface area contributed by atoms with Crippen LogP contribution in [0.2, 0.25) is 0 Å². The highest BCUT2D eigenvalue weighted by Crippen LogP contribution is 2.28. The third kappa shape index (κ3) is 8.38. The van der Waals surface area contributed by atoms with E-state index < -0.39 is 29.8 Å². The molecule has 0 bridgehead atoms. The van der Waals surface area contributed by atoms with Crippen molar-refractivity contribution in [2.24, 2.45) is 0 Å². The Hall–Kier alpha value is -2.75. The van der Waals surface area contributed by atoms with Gasteiger partial charge in [0.15, 0.2) is 23.7 Å². The molecule has 0 atom stereocenters. The third-order valence-electron chi connectivity index (χ3n) is 7.00. The molecule has 1 saturated heterocycles. The average Bonchev–Trinajstić information content (AvgIpc) is 2.94. The van der Waals surface area contributed by atoms with Crippen LogP contribution in [-0.2, 0) is 33.5 Å². The first-order valence-electron chi connectivity index (χ1n) is 13.8. The molecule has 4 rings (SSSR count). The lowest BCUT2D eigenvalue weighted by molar-refractivity contribution is -0.227. The Balaban J connectivity index is 1.28. The molecule has 0 aromatic heterocycles. The van der Waals surface area contributed by atoms with Crippen LogP contribution in [0.1, 0.15) is 55.7 Å². The van der Waals surface area contributed by atoms with Crippen LogP contribution < -0.4 is 4.74 Å². The fourth-order valence-electron chi connectivity index (χ4n) is 4.82. The van der Waals surface area contributed by atoms with Crippen LogP contribution in [0.15, 0.2) is 42.5 Å². The minimum atomic E-state index is -3.34. The highest BCUT2D eigenvalue weighted by Gasteiger charge is 2.23. The molecule has 0 amide bonds. The van der Waals surface area contributed by atoms with Gasteiger partial charge in [-0.3, -0.25) is 0 Å². The van der Waals surface area contributed by atoms with Gasteiger partial charge in [-0.05, 0) is 59.9 Å². The van der Waals surface area contributed by atoms with Gasteiger partial charge in [-0.15, -0.1) is 0 Å². The van der Waals surface area contributed by atoms with Crippen LogP contribution in [0.25, 0.3) is 10.8 Å². The second-order valence-electron chi connectivity index (χ2n) is 10.0. The van der Waals surface area contributed by atoms with Crippen LogP contribution >= 0.6 is 0 Å². The Bertz CT molecular complexity index is 1220. The van der Waals surface area contributed by atoms with Crippen LogP contribution in [0.3, 0.4) is 0 Å². The number of aryl methyl sites for hydroxylation is 3. The normalized spacial score (nSPS) is 17.6. The molecular formula is C31H35F5O4. The molecule has 40 heavy (non-hydrogen) atoms. The third-order valence-corrected chi connectivity index (χ3v) is 7.00. The van der Waals surface area contributed by atoms with Gasteiger partial charge >= 0.3 is 6.61 Å². The van der Waals surface area contributed by atoms with Crippen LogP contribution in [0, 0.1) is 17.5 Å². The summed E-state index contributed by atoms with van der Waals surface area (Å²) >= 11 is 0. The van der Waals surface area contributed by atoms with E-state index >= 15 is 4.39 Å². The van der Waals surface area contributed by atoms with E-state index in [-0.39, 0.29) is 30.8 Å². The van der Waals surface area contributed by atoms with Crippen molar-refractivity contribution in [2.45, 2.75) is 77.3 Å². The Labute approximate surface area is 231 Å². The molecule has 0 unspecified atom stereocenters. The smallest absolute Gasteiger partial charge is 0.387 e. The number of hydrogen-bond acceptors (Lipinski definition) is 4. The molecule has 1 aliphatic heterocycles. The van der Waals surface area contributed by atoms with Gasteiger partial charge in [0.1, 0.15) is 11.9 Å². The predicted molar refractivity (Wildman–Crippen MR) is 142 cm³/mol. The number of alkyl halides is 2. The van der Waals surface area contributed by atoms with E-state index in [4.69, 9.17) is 14.2 Å². The molecule has 9 heteroatoms. The van der Waals surface area contributed by atoms with Crippen molar-refractivity contribution in [3.63, 3.8) is 0 Å². The van der Waals surface area contributed by atoms with Crippen molar-refractivity contribution < 1.29 is 40.9 Å². The maximum absolute atomic E-state index is 15.2. The summed E-state index contributed by atoms with van der Waals surface area (Å²) in [5.41, 5.74) is 1.63. The van der Waals surface area contributed by atoms with Gasteiger partial charge < -0.3 is 18.9 Å². The molecular weight excluding hydrogens is 531 g/mol. The highest BCUT2D eigenvalue weighted by atomic mass is 19.3. The maximum Gasteiger partial charge on any atom is 0.387 e. The number of fused-ring (bicyclic) bond motifs is 1. The van der Waals surface area contributed by atoms with Crippen molar-refractivity contribution in [1.82, 2.24) is 0 Å². The lowest BCUT2D eigenvalue weighted by Crippen LogP contribution is -2.37. The van der Waals surface area contributed by atoms with Gasteiger partial charge in [-0.25, -0.2) is 13.2 Å². The zero-order valence-corrected chi connectivity index (χ0v) is 22.6. The molecule has 3 aromatic rings. The molecule has 218 valence electrons. The van der Waals surface area contributed by atoms with Crippen LogP contribution in [0.5, 0.6) is 5.75 Å². The van der Waals surface area contributed by atoms with Gasteiger partial charge in [-0.2, -0.15) is 8.78 Å². The van der Waals surface area contributed by atoms with Crippen molar-refractivity contribution >= 4 is 10.8 Å².